The second kappa shape index (κ2) is 9.85. The van der Waals surface area contributed by atoms with E-state index in [1.54, 1.807) is 18.3 Å². The molecule has 1 aliphatic heterocycles. The van der Waals surface area contributed by atoms with Crippen molar-refractivity contribution in [1.29, 1.82) is 0 Å². The number of hydrogen-bond donors (Lipinski definition) is 3. The van der Waals surface area contributed by atoms with Crippen molar-refractivity contribution >= 4 is 35.3 Å². The minimum atomic E-state index is -0.0650. The fourth-order valence-corrected chi connectivity index (χ4v) is 3.54. The minimum absolute atomic E-state index is 0.0650. The van der Waals surface area contributed by atoms with E-state index in [1.165, 1.54) is 15.4 Å². The van der Waals surface area contributed by atoms with Gasteiger partial charge in [0.25, 0.3) is 5.91 Å². The van der Waals surface area contributed by atoms with E-state index in [4.69, 9.17) is 23.2 Å². The van der Waals surface area contributed by atoms with Gasteiger partial charge in [-0.25, -0.2) is 5.43 Å². The average molecular weight is 407 g/mol. The molecule has 3 N–H and O–H groups in total. The van der Waals surface area contributed by atoms with E-state index in [9.17, 15) is 4.79 Å². The summed E-state index contributed by atoms with van der Waals surface area (Å²) in [7, 11) is 0. The maximum atomic E-state index is 12.1. The molecule has 0 bridgehead atoms. The largest absolute Gasteiger partial charge is 0.322 e. The molecule has 27 heavy (non-hydrogen) atoms. The van der Waals surface area contributed by atoms with Gasteiger partial charge in [-0.15, -0.1) is 0 Å². The van der Waals surface area contributed by atoms with Crippen molar-refractivity contribution in [3.63, 3.8) is 0 Å². The molecule has 0 radical (unpaired) electrons. The van der Waals surface area contributed by atoms with E-state index in [1.807, 2.05) is 30.3 Å². The molecule has 2 aromatic rings. The van der Waals surface area contributed by atoms with Gasteiger partial charge < -0.3 is 9.80 Å². The molecule has 5 nitrogen and oxygen atoms in total. The monoisotopic (exact) mass is 406 g/mol. The predicted octanol–water partition coefficient (Wildman–Crippen LogP) is 0.427. The highest BCUT2D eigenvalue weighted by Crippen LogP contribution is 2.13. The summed E-state index contributed by atoms with van der Waals surface area (Å²) >= 11 is 12.1. The smallest absolute Gasteiger partial charge is 0.295 e. The molecule has 0 atom stereocenters. The lowest BCUT2D eigenvalue weighted by Crippen LogP contribution is -3.28. The highest BCUT2D eigenvalue weighted by atomic mass is 35.5. The molecule has 1 aliphatic rings. The van der Waals surface area contributed by atoms with Gasteiger partial charge in [0, 0.05) is 15.6 Å². The Balaban J connectivity index is 1.39. The fraction of sp³-hybridized carbons (Fsp3) is 0.300. The molecule has 0 aliphatic carbocycles. The summed E-state index contributed by atoms with van der Waals surface area (Å²) in [5.74, 6) is -0.0650. The third-order valence-corrected chi connectivity index (χ3v) is 5.37. The van der Waals surface area contributed by atoms with Crippen LogP contribution in [-0.2, 0) is 11.3 Å². The van der Waals surface area contributed by atoms with Crippen LogP contribution in [-0.4, -0.2) is 44.8 Å². The molecule has 1 heterocycles. The molecule has 0 unspecified atom stereocenters. The van der Waals surface area contributed by atoms with Crippen molar-refractivity contribution in [3.8, 4) is 0 Å². The van der Waals surface area contributed by atoms with Gasteiger partial charge in [0.15, 0.2) is 6.54 Å². The van der Waals surface area contributed by atoms with Crippen LogP contribution in [0.2, 0.25) is 10.0 Å². The van der Waals surface area contributed by atoms with Crippen LogP contribution in [0.4, 0.5) is 0 Å². The van der Waals surface area contributed by atoms with Gasteiger partial charge >= 0.3 is 0 Å². The number of hydrazone groups is 1. The highest BCUT2D eigenvalue weighted by Gasteiger charge is 2.25. The van der Waals surface area contributed by atoms with Crippen LogP contribution in [0.3, 0.4) is 0 Å². The first-order valence-corrected chi connectivity index (χ1v) is 9.84. The number of halogens is 2. The first-order valence-electron chi connectivity index (χ1n) is 9.08. The fourth-order valence-electron chi connectivity index (χ4n) is 3.22. The van der Waals surface area contributed by atoms with Crippen LogP contribution < -0.4 is 15.2 Å². The number of rotatable bonds is 6. The molecule has 3 rings (SSSR count). The summed E-state index contributed by atoms with van der Waals surface area (Å²) < 4.78 is 0. The van der Waals surface area contributed by atoms with Crippen LogP contribution in [0.5, 0.6) is 0 Å². The number of piperazine rings is 1. The van der Waals surface area contributed by atoms with Crippen molar-refractivity contribution in [2.75, 3.05) is 32.7 Å². The first kappa shape index (κ1) is 19.8. The lowest BCUT2D eigenvalue weighted by molar-refractivity contribution is -1.02. The number of hydrogen-bond acceptors (Lipinski definition) is 2. The van der Waals surface area contributed by atoms with Gasteiger partial charge in [0.2, 0.25) is 0 Å². The normalized spacial score (nSPS) is 19.9. The summed E-state index contributed by atoms with van der Waals surface area (Å²) in [6.07, 6.45) is 1.62. The molecule has 0 saturated carbocycles. The van der Waals surface area contributed by atoms with Gasteiger partial charge in [-0.3, -0.25) is 4.79 Å². The topological polar surface area (TPSA) is 50.3 Å². The van der Waals surface area contributed by atoms with E-state index in [-0.39, 0.29) is 5.91 Å². The molecule has 2 aromatic carbocycles. The lowest BCUT2D eigenvalue weighted by Gasteiger charge is -2.29. The Labute approximate surface area is 169 Å². The van der Waals surface area contributed by atoms with Crippen LogP contribution in [0.1, 0.15) is 11.1 Å². The van der Waals surface area contributed by atoms with Crippen molar-refractivity contribution in [3.05, 3.63) is 69.7 Å². The number of nitrogens with zero attached hydrogens (tertiary/aromatic N) is 1. The SMILES string of the molecule is O=C(C[NH+]1CC[NH+](Cc2ccccc2Cl)CC1)N/N=C\c1ccc(Cl)cc1. The van der Waals surface area contributed by atoms with E-state index < -0.39 is 0 Å². The van der Waals surface area contributed by atoms with Gasteiger partial charge in [-0.2, -0.15) is 5.10 Å². The van der Waals surface area contributed by atoms with Gasteiger partial charge in [0.1, 0.15) is 32.7 Å². The second-order valence-electron chi connectivity index (χ2n) is 6.79. The highest BCUT2D eigenvalue weighted by molar-refractivity contribution is 6.31. The number of benzene rings is 2. The Kier molecular flexibility index (Phi) is 7.24. The zero-order valence-electron chi connectivity index (χ0n) is 15.1. The Morgan fingerprint density at radius 1 is 1.00 bits per heavy atom. The predicted molar refractivity (Wildman–Crippen MR) is 109 cm³/mol. The third kappa shape index (κ3) is 6.33. The Morgan fingerprint density at radius 2 is 1.67 bits per heavy atom. The number of nitrogens with one attached hydrogen (secondary N) is 3. The van der Waals surface area contributed by atoms with E-state index in [0.717, 1.165) is 43.3 Å². The minimum Gasteiger partial charge on any atom is -0.322 e. The van der Waals surface area contributed by atoms with Crippen molar-refractivity contribution in [1.82, 2.24) is 5.43 Å². The van der Waals surface area contributed by atoms with Crippen LogP contribution >= 0.6 is 23.2 Å². The van der Waals surface area contributed by atoms with Crippen molar-refractivity contribution in [2.24, 2.45) is 5.10 Å². The molecule has 0 aromatic heterocycles. The molecular weight excluding hydrogens is 383 g/mol. The van der Waals surface area contributed by atoms with E-state index in [2.05, 4.69) is 16.6 Å². The van der Waals surface area contributed by atoms with E-state index >= 15 is 0 Å². The molecule has 1 fully saturated rings. The second-order valence-corrected chi connectivity index (χ2v) is 7.63. The molecule has 142 valence electrons. The number of carbonyl (C=O) groups excluding carboxylic acids is 1. The third-order valence-electron chi connectivity index (χ3n) is 4.75. The van der Waals surface area contributed by atoms with Gasteiger partial charge in [-0.1, -0.05) is 53.5 Å². The molecule has 1 saturated heterocycles. The lowest BCUT2D eigenvalue weighted by atomic mass is 10.2. The number of quaternary nitrogens is 2. The quantitative estimate of drug-likeness (QED) is 0.472. The van der Waals surface area contributed by atoms with Crippen molar-refractivity contribution in [2.45, 2.75) is 6.54 Å². The number of carbonyl (C=O) groups is 1. The van der Waals surface area contributed by atoms with Crippen molar-refractivity contribution < 1.29 is 14.6 Å². The molecule has 0 spiro atoms. The maximum Gasteiger partial charge on any atom is 0.295 e. The zero-order chi connectivity index (χ0) is 19.1. The zero-order valence-corrected chi connectivity index (χ0v) is 16.6. The summed E-state index contributed by atoms with van der Waals surface area (Å²) in [5, 5.41) is 5.52. The summed E-state index contributed by atoms with van der Waals surface area (Å²) in [6, 6.07) is 15.3. The molecule has 7 heteroatoms. The Morgan fingerprint density at radius 3 is 2.37 bits per heavy atom. The Bertz CT molecular complexity index is 787. The van der Waals surface area contributed by atoms with Crippen LogP contribution in [0.25, 0.3) is 0 Å². The summed E-state index contributed by atoms with van der Waals surface area (Å²) in [6.45, 7) is 5.37. The first-order chi connectivity index (χ1) is 13.1. The Hall–Kier alpha value is -1.92. The standard InChI is InChI=1S/C20H22Cl2N4O/c21-18-7-5-16(6-8-18)13-23-24-20(27)15-26-11-9-25(10-12-26)14-17-3-1-2-4-19(17)22/h1-8,13H,9-12,14-15H2,(H,24,27)/p+2/b23-13-. The number of amides is 1. The van der Waals surface area contributed by atoms with E-state index in [0.29, 0.717) is 11.6 Å². The van der Waals surface area contributed by atoms with Crippen LogP contribution in [0, 0.1) is 0 Å². The maximum absolute atomic E-state index is 12.1. The summed E-state index contributed by atoms with van der Waals surface area (Å²) in [4.78, 5) is 14.9. The van der Waals surface area contributed by atoms with Crippen LogP contribution in [0.15, 0.2) is 53.6 Å². The van der Waals surface area contributed by atoms with Gasteiger partial charge in [0.05, 0.1) is 6.21 Å². The average Bonchev–Trinajstić information content (AvgIpc) is 2.67. The van der Waals surface area contributed by atoms with Gasteiger partial charge in [-0.05, 0) is 23.8 Å². The molecular formula is C20H24Cl2N4O+2. The summed E-state index contributed by atoms with van der Waals surface area (Å²) in [5.41, 5.74) is 4.68. The molecule has 1 amide bonds.